The highest BCUT2D eigenvalue weighted by Crippen LogP contribution is 2.32. The Bertz CT molecular complexity index is 1340. The highest BCUT2D eigenvalue weighted by Gasteiger charge is 2.22. The van der Waals surface area contributed by atoms with Gasteiger partial charge in [-0.3, -0.25) is 14.5 Å². The van der Waals surface area contributed by atoms with E-state index in [0.717, 1.165) is 40.7 Å². The van der Waals surface area contributed by atoms with E-state index in [1.165, 1.54) is 0 Å². The summed E-state index contributed by atoms with van der Waals surface area (Å²) in [5.41, 5.74) is 11.3. The first-order chi connectivity index (χ1) is 17.0. The van der Waals surface area contributed by atoms with Gasteiger partial charge in [-0.25, -0.2) is 4.98 Å². The first-order valence-electron chi connectivity index (χ1n) is 11.7. The third-order valence-electron chi connectivity index (χ3n) is 6.48. The largest absolute Gasteiger partial charge is 0.383 e. The second-order valence-electron chi connectivity index (χ2n) is 8.83. The summed E-state index contributed by atoms with van der Waals surface area (Å²) in [6, 6.07) is 10.1. The van der Waals surface area contributed by atoms with Crippen molar-refractivity contribution < 1.29 is 9.53 Å². The maximum Gasteiger partial charge on any atom is 0.255 e. The molecule has 35 heavy (non-hydrogen) atoms. The summed E-state index contributed by atoms with van der Waals surface area (Å²) in [6.45, 7) is 4.48. The number of nitrogens with zero attached hydrogens (tertiary/aromatic N) is 6. The number of amides is 1. The van der Waals surface area contributed by atoms with Crippen LogP contribution in [0.25, 0.3) is 33.2 Å². The lowest BCUT2D eigenvalue weighted by Crippen LogP contribution is -2.47. The molecule has 0 bridgehead atoms. The van der Waals surface area contributed by atoms with Crippen molar-refractivity contribution in [1.82, 2.24) is 29.5 Å². The molecule has 1 aliphatic rings. The predicted octanol–water partition coefficient (Wildman–Crippen LogP) is 2.78. The van der Waals surface area contributed by atoms with E-state index in [0.29, 0.717) is 43.1 Å². The van der Waals surface area contributed by atoms with E-state index in [9.17, 15) is 4.79 Å². The number of rotatable bonds is 6. The monoisotopic (exact) mass is 471 g/mol. The van der Waals surface area contributed by atoms with Gasteiger partial charge in [0.15, 0.2) is 0 Å². The van der Waals surface area contributed by atoms with Gasteiger partial charge >= 0.3 is 0 Å². The molecule has 0 radical (unpaired) electrons. The van der Waals surface area contributed by atoms with Gasteiger partial charge < -0.3 is 20.3 Å². The molecule has 1 aromatic carbocycles. The zero-order valence-corrected chi connectivity index (χ0v) is 20.0. The number of methoxy groups -OCH3 is 1. The number of carbonyl (C=O) groups excluding carboxylic acids is 1. The van der Waals surface area contributed by atoms with Gasteiger partial charge in [-0.05, 0) is 24.2 Å². The predicted molar refractivity (Wildman–Crippen MR) is 136 cm³/mol. The summed E-state index contributed by atoms with van der Waals surface area (Å²) in [6.07, 6.45) is 7.22. The van der Waals surface area contributed by atoms with Gasteiger partial charge in [-0.15, -0.1) is 0 Å². The molecule has 3 aromatic heterocycles. The van der Waals surface area contributed by atoms with Crippen LogP contribution in [0.3, 0.4) is 0 Å². The Kier molecular flexibility index (Phi) is 6.43. The Balaban J connectivity index is 1.45. The van der Waals surface area contributed by atoms with Crippen LogP contribution >= 0.6 is 0 Å². The summed E-state index contributed by atoms with van der Waals surface area (Å²) < 4.78 is 6.99. The SMILES string of the molecule is COCCn1cc(-c2ccc(-c3cnc(N)c4ncc(C(=O)N5CCN(C)CC5)cc34)cc2)cn1. The highest BCUT2D eigenvalue weighted by molar-refractivity contribution is 6.04. The van der Waals surface area contributed by atoms with Gasteiger partial charge in [0.25, 0.3) is 5.91 Å². The van der Waals surface area contributed by atoms with Crippen LogP contribution in [0.15, 0.2) is 55.1 Å². The number of nitrogens with two attached hydrogens (primary N) is 1. The number of hydrogen-bond donors (Lipinski definition) is 1. The Morgan fingerprint density at radius 2 is 1.74 bits per heavy atom. The van der Waals surface area contributed by atoms with Crippen molar-refractivity contribution in [3.63, 3.8) is 0 Å². The summed E-state index contributed by atoms with van der Waals surface area (Å²) in [5.74, 6) is 0.345. The standard InChI is InChI=1S/C26H29N7O2/c1-31-7-9-32(10-8-31)26(34)20-13-22-23(16-29-25(27)24(22)28-14-20)19-5-3-18(4-6-19)21-15-30-33(17-21)11-12-35-2/h3-6,13-17H,7-12H2,1-2H3,(H2,27,29). The zero-order valence-electron chi connectivity index (χ0n) is 20.0. The molecule has 1 aliphatic heterocycles. The molecule has 2 N–H and O–H groups in total. The van der Waals surface area contributed by atoms with Crippen molar-refractivity contribution in [3.8, 4) is 22.3 Å². The smallest absolute Gasteiger partial charge is 0.255 e. The molecule has 0 spiro atoms. The fraction of sp³-hybridized carbons (Fsp3) is 0.308. The molecule has 0 saturated carbocycles. The molecule has 9 nitrogen and oxygen atoms in total. The van der Waals surface area contributed by atoms with Gasteiger partial charge in [0.05, 0.1) is 24.9 Å². The van der Waals surface area contributed by atoms with Crippen molar-refractivity contribution in [2.45, 2.75) is 6.54 Å². The number of fused-ring (bicyclic) bond motifs is 1. The van der Waals surface area contributed by atoms with Crippen LogP contribution in [-0.4, -0.2) is 82.4 Å². The summed E-state index contributed by atoms with van der Waals surface area (Å²) >= 11 is 0. The molecule has 1 amide bonds. The maximum absolute atomic E-state index is 13.2. The quantitative estimate of drug-likeness (QED) is 0.461. The first kappa shape index (κ1) is 22.9. The first-order valence-corrected chi connectivity index (χ1v) is 11.7. The number of aromatic nitrogens is 4. The number of ether oxygens (including phenoxy) is 1. The molecular formula is C26H29N7O2. The van der Waals surface area contributed by atoms with Gasteiger partial charge in [0.1, 0.15) is 11.3 Å². The number of anilines is 1. The number of carbonyl (C=O) groups is 1. The zero-order chi connectivity index (χ0) is 24.4. The molecule has 4 heterocycles. The molecule has 4 aromatic rings. The third-order valence-corrected chi connectivity index (χ3v) is 6.48. The number of nitrogen functional groups attached to an aromatic ring is 1. The Labute approximate surface area is 204 Å². The van der Waals surface area contributed by atoms with Crippen LogP contribution in [0.4, 0.5) is 5.82 Å². The maximum atomic E-state index is 13.2. The van der Waals surface area contributed by atoms with Crippen LogP contribution in [0, 0.1) is 0 Å². The van der Waals surface area contributed by atoms with Crippen molar-refractivity contribution in [2.75, 3.05) is 52.7 Å². The van der Waals surface area contributed by atoms with Gasteiger partial charge in [-0.1, -0.05) is 24.3 Å². The average Bonchev–Trinajstić information content (AvgIpc) is 3.37. The fourth-order valence-corrected chi connectivity index (χ4v) is 4.34. The molecule has 1 fully saturated rings. The number of hydrogen-bond acceptors (Lipinski definition) is 7. The minimum atomic E-state index is -0.00494. The van der Waals surface area contributed by atoms with E-state index in [-0.39, 0.29) is 5.91 Å². The van der Waals surface area contributed by atoms with E-state index >= 15 is 0 Å². The molecule has 9 heteroatoms. The average molecular weight is 472 g/mol. The minimum Gasteiger partial charge on any atom is -0.383 e. The van der Waals surface area contributed by atoms with Crippen molar-refractivity contribution in [2.24, 2.45) is 0 Å². The number of benzene rings is 1. The van der Waals surface area contributed by atoms with Gasteiger partial charge in [0.2, 0.25) is 0 Å². The second kappa shape index (κ2) is 9.81. The summed E-state index contributed by atoms with van der Waals surface area (Å²) in [4.78, 5) is 26.1. The Morgan fingerprint density at radius 3 is 2.49 bits per heavy atom. The molecular weight excluding hydrogens is 442 g/mol. The van der Waals surface area contributed by atoms with E-state index in [2.05, 4.69) is 39.1 Å². The second-order valence-corrected chi connectivity index (χ2v) is 8.83. The lowest BCUT2D eigenvalue weighted by Gasteiger charge is -2.32. The molecule has 5 rings (SSSR count). The van der Waals surface area contributed by atoms with E-state index in [1.54, 1.807) is 19.5 Å². The van der Waals surface area contributed by atoms with Crippen LogP contribution < -0.4 is 5.73 Å². The van der Waals surface area contributed by atoms with Crippen LogP contribution in [0.1, 0.15) is 10.4 Å². The molecule has 1 saturated heterocycles. The molecule has 0 atom stereocenters. The normalized spacial score (nSPS) is 14.5. The van der Waals surface area contributed by atoms with E-state index in [1.807, 2.05) is 40.2 Å². The lowest BCUT2D eigenvalue weighted by atomic mass is 9.99. The fourth-order valence-electron chi connectivity index (χ4n) is 4.34. The minimum absolute atomic E-state index is 0.00494. The number of piperazine rings is 1. The summed E-state index contributed by atoms with van der Waals surface area (Å²) in [7, 11) is 3.75. The third kappa shape index (κ3) is 4.73. The van der Waals surface area contributed by atoms with Crippen LogP contribution in [0.5, 0.6) is 0 Å². The molecule has 0 aliphatic carbocycles. The summed E-state index contributed by atoms with van der Waals surface area (Å²) in [5, 5.41) is 5.21. The molecule has 0 unspecified atom stereocenters. The number of pyridine rings is 2. The van der Waals surface area contributed by atoms with E-state index < -0.39 is 0 Å². The van der Waals surface area contributed by atoms with Crippen molar-refractivity contribution >= 4 is 22.6 Å². The topological polar surface area (TPSA) is 102 Å². The van der Waals surface area contributed by atoms with Crippen molar-refractivity contribution in [1.29, 1.82) is 0 Å². The van der Waals surface area contributed by atoms with E-state index in [4.69, 9.17) is 10.5 Å². The Morgan fingerprint density at radius 1 is 1.00 bits per heavy atom. The number of likely N-dealkylation sites (N-methyl/N-ethyl adjacent to an activating group) is 1. The van der Waals surface area contributed by atoms with Gasteiger partial charge in [0, 0.05) is 68.4 Å². The lowest BCUT2D eigenvalue weighted by molar-refractivity contribution is 0.0664. The van der Waals surface area contributed by atoms with Crippen LogP contribution in [-0.2, 0) is 11.3 Å². The highest BCUT2D eigenvalue weighted by atomic mass is 16.5. The van der Waals surface area contributed by atoms with Gasteiger partial charge in [-0.2, -0.15) is 5.10 Å². The Hall–Kier alpha value is -3.82. The van der Waals surface area contributed by atoms with Crippen LogP contribution in [0.2, 0.25) is 0 Å². The van der Waals surface area contributed by atoms with Crippen molar-refractivity contribution in [3.05, 3.63) is 60.7 Å². The molecule has 180 valence electrons.